The molecule has 0 aliphatic carbocycles. The van der Waals surface area contributed by atoms with Crippen molar-refractivity contribution in [2.75, 3.05) is 51.3 Å². The van der Waals surface area contributed by atoms with Crippen LogP contribution >= 0.6 is 11.6 Å². The van der Waals surface area contributed by atoms with Gasteiger partial charge in [-0.15, -0.1) is 0 Å². The van der Waals surface area contributed by atoms with Crippen LogP contribution in [-0.4, -0.2) is 117 Å². The van der Waals surface area contributed by atoms with Crippen molar-refractivity contribution >= 4 is 51.1 Å². The number of hydrogen-bond acceptors (Lipinski definition) is 8. The normalized spacial score (nSPS) is 24.8. The number of likely N-dealkylation sites (tertiary alicyclic amines) is 2. The van der Waals surface area contributed by atoms with Crippen molar-refractivity contribution in [3.05, 3.63) is 65.6 Å². The van der Waals surface area contributed by atoms with Crippen LogP contribution < -0.4 is 9.64 Å². The summed E-state index contributed by atoms with van der Waals surface area (Å²) in [6.07, 6.45) is 6.15. The second kappa shape index (κ2) is 13.2. The van der Waals surface area contributed by atoms with E-state index >= 15 is 4.39 Å². The number of benzene rings is 2. The Labute approximate surface area is 298 Å². The van der Waals surface area contributed by atoms with E-state index in [0.717, 1.165) is 24.8 Å². The van der Waals surface area contributed by atoms with Crippen molar-refractivity contribution in [1.29, 1.82) is 0 Å². The lowest BCUT2D eigenvalue weighted by atomic mass is 9.95. The Morgan fingerprint density at radius 1 is 1.14 bits per heavy atom. The molecule has 4 aromatic rings. The molecule has 4 saturated heterocycles. The molecule has 51 heavy (non-hydrogen) atoms. The quantitative estimate of drug-likeness (QED) is 0.221. The Hall–Kier alpha value is -4.62. The third-order valence-corrected chi connectivity index (χ3v) is 11.4. The van der Waals surface area contributed by atoms with Crippen LogP contribution in [0, 0.1) is 5.82 Å². The van der Waals surface area contributed by atoms with Gasteiger partial charge in [0.05, 0.1) is 17.0 Å². The zero-order valence-corrected chi connectivity index (χ0v) is 28.9. The smallest absolute Gasteiger partial charge is 0.407 e. The number of likely N-dealkylation sites (N-methyl/N-ethyl adjacent to an activating group) is 1. The summed E-state index contributed by atoms with van der Waals surface area (Å²) in [5.74, 6) is -0.443. The van der Waals surface area contributed by atoms with Gasteiger partial charge in [-0.05, 0) is 43.7 Å². The molecule has 0 unspecified atom stereocenters. The molecule has 14 heteroatoms. The van der Waals surface area contributed by atoms with Crippen molar-refractivity contribution in [2.24, 2.45) is 0 Å². The van der Waals surface area contributed by atoms with Gasteiger partial charge in [0.2, 0.25) is 5.91 Å². The van der Waals surface area contributed by atoms with Crippen molar-refractivity contribution in [3.63, 3.8) is 0 Å². The van der Waals surface area contributed by atoms with Crippen molar-refractivity contribution < 1.29 is 28.2 Å². The maximum absolute atomic E-state index is 16.8. The Kier molecular flexibility index (Phi) is 8.66. The first-order valence-electron chi connectivity index (χ1n) is 17.4. The van der Waals surface area contributed by atoms with Crippen molar-refractivity contribution in [1.82, 2.24) is 29.7 Å². The molecule has 0 radical (unpaired) electrons. The van der Waals surface area contributed by atoms with Gasteiger partial charge in [0, 0.05) is 73.9 Å². The molecule has 11 nitrogen and oxygen atoms in total. The first-order chi connectivity index (χ1) is 24.6. The van der Waals surface area contributed by atoms with Gasteiger partial charge in [0.15, 0.2) is 5.82 Å². The summed E-state index contributed by atoms with van der Waals surface area (Å²) < 4.78 is 37.6. The van der Waals surface area contributed by atoms with E-state index in [2.05, 4.69) is 14.9 Å². The number of alkyl halides is 1. The number of carboxylic acid groups (broad SMARTS) is 1. The lowest BCUT2D eigenvalue weighted by molar-refractivity contribution is -0.125. The number of carbonyl (C=O) groups is 2. The first-order valence-corrected chi connectivity index (χ1v) is 17.7. The molecule has 2 aromatic carbocycles. The molecule has 4 atom stereocenters. The second-order valence-corrected chi connectivity index (χ2v) is 14.5. The van der Waals surface area contributed by atoms with Crippen LogP contribution in [0.1, 0.15) is 32.1 Å². The van der Waals surface area contributed by atoms with Crippen LogP contribution in [0.25, 0.3) is 32.9 Å². The van der Waals surface area contributed by atoms with Crippen LogP contribution in [0.3, 0.4) is 0 Å². The Bertz CT molecular complexity index is 2060. The average Bonchev–Trinajstić information content (AvgIpc) is 3.81. The molecular weight excluding hydrogens is 680 g/mol. The molecule has 0 spiro atoms. The number of halogens is 3. The third kappa shape index (κ3) is 5.99. The molecule has 4 fully saturated rings. The lowest BCUT2D eigenvalue weighted by Gasteiger charge is -2.36. The van der Waals surface area contributed by atoms with Gasteiger partial charge >= 0.3 is 12.1 Å². The van der Waals surface area contributed by atoms with Gasteiger partial charge in [-0.25, -0.2) is 13.6 Å². The number of amides is 2. The highest BCUT2D eigenvalue weighted by Crippen LogP contribution is 2.41. The summed E-state index contributed by atoms with van der Waals surface area (Å²) >= 11 is 6.61. The maximum Gasteiger partial charge on any atom is 0.407 e. The number of pyridine rings is 1. The van der Waals surface area contributed by atoms with Crippen LogP contribution in [0.15, 0.2) is 54.7 Å². The molecule has 266 valence electrons. The Balaban J connectivity index is 1.12. The number of hydrogen-bond donors (Lipinski definition) is 1. The molecule has 4 aliphatic heterocycles. The minimum atomic E-state index is -0.999. The van der Waals surface area contributed by atoms with Gasteiger partial charge in [-0.2, -0.15) is 9.97 Å². The topological polar surface area (TPSA) is 115 Å². The molecular formula is C37H38ClF2N7O4. The van der Waals surface area contributed by atoms with Crippen LogP contribution in [-0.2, 0) is 4.79 Å². The van der Waals surface area contributed by atoms with Crippen LogP contribution in [0.4, 0.5) is 19.4 Å². The summed E-state index contributed by atoms with van der Waals surface area (Å²) in [6.45, 7) is 2.68. The van der Waals surface area contributed by atoms with Crippen LogP contribution in [0.2, 0.25) is 5.02 Å². The number of aromatic nitrogens is 3. The number of rotatable bonds is 8. The lowest BCUT2D eigenvalue weighted by Crippen LogP contribution is -2.49. The molecule has 2 amide bonds. The van der Waals surface area contributed by atoms with E-state index < -0.39 is 23.6 Å². The predicted molar refractivity (Wildman–Crippen MR) is 189 cm³/mol. The Morgan fingerprint density at radius 2 is 1.96 bits per heavy atom. The number of fused-ring (bicyclic) bond motifs is 3. The van der Waals surface area contributed by atoms with Gasteiger partial charge < -0.3 is 24.5 Å². The van der Waals surface area contributed by atoms with E-state index in [1.807, 2.05) is 36.2 Å². The minimum Gasteiger partial charge on any atom is -0.465 e. The summed E-state index contributed by atoms with van der Waals surface area (Å²) in [5, 5.41) is 11.7. The largest absolute Gasteiger partial charge is 0.465 e. The Morgan fingerprint density at radius 3 is 2.75 bits per heavy atom. The fourth-order valence-corrected chi connectivity index (χ4v) is 8.54. The highest BCUT2D eigenvalue weighted by molar-refractivity contribution is 6.36. The summed E-state index contributed by atoms with van der Waals surface area (Å²) in [6, 6.07) is 10.5. The zero-order chi connectivity index (χ0) is 35.4. The van der Waals surface area contributed by atoms with Crippen molar-refractivity contribution in [3.8, 4) is 17.3 Å². The fourth-order valence-electron chi connectivity index (χ4n) is 8.26. The highest BCUT2D eigenvalue weighted by atomic mass is 35.5. The molecule has 8 rings (SSSR count). The first kappa shape index (κ1) is 33.5. The number of carbonyl (C=O) groups excluding carboxylic acids is 1. The molecule has 0 saturated carbocycles. The van der Waals surface area contributed by atoms with E-state index in [-0.39, 0.29) is 41.8 Å². The summed E-state index contributed by atoms with van der Waals surface area (Å²) in [7, 11) is 1.84. The van der Waals surface area contributed by atoms with E-state index in [1.165, 1.54) is 11.0 Å². The van der Waals surface area contributed by atoms with E-state index in [9.17, 15) is 19.1 Å². The van der Waals surface area contributed by atoms with Gasteiger partial charge in [-0.3, -0.25) is 14.7 Å². The molecule has 1 N–H and O–H groups in total. The van der Waals surface area contributed by atoms with Gasteiger partial charge in [-0.1, -0.05) is 48.0 Å². The van der Waals surface area contributed by atoms with Crippen LogP contribution in [0.5, 0.6) is 6.01 Å². The maximum atomic E-state index is 16.8. The van der Waals surface area contributed by atoms with E-state index in [4.69, 9.17) is 21.3 Å². The van der Waals surface area contributed by atoms with E-state index in [0.29, 0.717) is 72.6 Å². The SMILES string of the molecule is CN(c1nc(OC[C@@]23CCCN2C[C@H](F)C3)nc2c(F)c(-c3cccc4cccc(Cl)c34)ncc12)[C@@H]1CCN(C(=O)/C=C/[C@H]2CCN2C(=O)O)C1. The second-order valence-electron chi connectivity index (χ2n) is 14.0. The standard InChI is InChI=1S/C37H38ClF2N7O4/c1-44(25-11-15-45(20-25)29(48)10-9-24-12-16-47(24)36(49)50)34-27-18-41-32(26-7-2-5-22-6-3-8-28(38)30(22)26)31(40)33(27)42-35(43-34)51-21-37-13-4-14-46(37)19-23(39)17-37/h2-3,5-10,18,23-25H,4,11-17,19-21H2,1H3,(H,49,50)/b10-9+/t23-,24+,25-,37+/m1/s1. The van der Waals surface area contributed by atoms with Gasteiger partial charge in [0.25, 0.3) is 0 Å². The molecule has 4 aliphatic rings. The average molecular weight is 718 g/mol. The number of nitrogens with zero attached hydrogens (tertiary/aromatic N) is 7. The molecule has 6 heterocycles. The number of anilines is 1. The van der Waals surface area contributed by atoms with Gasteiger partial charge in [0.1, 0.15) is 29.8 Å². The monoisotopic (exact) mass is 717 g/mol. The highest BCUT2D eigenvalue weighted by Gasteiger charge is 2.49. The summed E-state index contributed by atoms with van der Waals surface area (Å²) in [4.78, 5) is 45.5. The zero-order valence-electron chi connectivity index (χ0n) is 28.1. The van der Waals surface area contributed by atoms with E-state index in [1.54, 1.807) is 29.3 Å². The predicted octanol–water partition coefficient (Wildman–Crippen LogP) is 5.94. The molecule has 0 bridgehead atoms. The fraction of sp³-hybridized carbons (Fsp3) is 0.432. The summed E-state index contributed by atoms with van der Waals surface area (Å²) in [5.41, 5.74) is 0.198. The molecule has 2 aromatic heterocycles. The van der Waals surface area contributed by atoms with Crippen molar-refractivity contribution in [2.45, 2.75) is 55.9 Å². The third-order valence-electron chi connectivity index (χ3n) is 11.1. The number of ether oxygens (including phenoxy) is 1. The minimum absolute atomic E-state index is 0.0165.